The van der Waals surface area contributed by atoms with Gasteiger partial charge in [-0.1, -0.05) is 31.9 Å². The fourth-order valence-electron chi connectivity index (χ4n) is 2.29. The lowest BCUT2D eigenvalue weighted by Crippen LogP contribution is -2.31. The molecule has 146 valence electrons. The van der Waals surface area contributed by atoms with E-state index in [1.54, 1.807) is 12.1 Å². The van der Waals surface area contributed by atoms with Gasteiger partial charge in [0.05, 0.1) is 22.3 Å². The van der Waals surface area contributed by atoms with E-state index in [0.29, 0.717) is 21.6 Å². The number of hydrogen-bond acceptors (Lipinski definition) is 5. The Morgan fingerprint density at radius 3 is 2.37 bits per heavy atom. The highest BCUT2D eigenvalue weighted by molar-refractivity contribution is 6.32. The highest BCUT2D eigenvalue weighted by Crippen LogP contribution is 2.30. The summed E-state index contributed by atoms with van der Waals surface area (Å²) in [5.41, 5.74) is 0.779. The molecular formula is C18H20ClF3N4O. The third-order valence-corrected chi connectivity index (χ3v) is 3.87. The molecule has 0 fully saturated rings. The summed E-state index contributed by atoms with van der Waals surface area (Å²) in [7, 11) is 0. The zero-order chi connectivity index (χ0) is 20.0. The highest BCUT2D eigenvalue weighted by atomic mass is 35.5. The predicted octanol–water partition coefficient (Wildman–Crippen LogP) is 4.61. The van der Waals surface area contributed by atoms with Crippen LogP contribution in [0.25, 0.3) is 11.0 Å². The molecule has 0 radical (unpaired) electrons. The maximum atomic E-state index is 12.8. The van der Waals surface area contributed by atoms with Crippen molar-refractivity contribution >= 4 is 22.6 Å². The number of rotatable bonds is 3. The molecule has 5 nitrogen and oxygen atoms in total. The molecule has 0 atom stereocenters. The van der Waals surface area contributed by atoms with E-state index in [2.05, 4.69) is 34.4 Å². The fraction of sp³-hybridized carbons (Fsp3) is 0.333. The normalized spacial score (nSPS) is 14.2. The number of dihydropyridines is 1. The number of benzene rings is 1. The maximum absolute atomic E-state index is 12.8. The lowest BCUT2D eigenvalue weighted by atomic mass is 10.1. The molecule has 2 aromatic rings. The molecule has 0 spiro atoms. The Kier molecular flexibility index (Phi) is 6.90. The Bertz CT molecular complexity index is 865. The average Bonchev–Trinajstić information content (AvgIpc) is 2.60. The van der Waals surface area contributed by atoms with Gasteiger partial charge in [-0.15, -0.1) is 0 Å². The molecule has 3 N–H and O–H groups in total. The van der Waals surface area contributed by atoms with Crippen LogP contribution >= 0.6 is 11.6 Å². The average molecular weight is 401 g/mol. The molecular weight excluding hydrogens is 381 g/mol. The molecule has 0 aliphatic carbocycles. The number of aliphatic hydroxyl groups is 1. The van der Waals surface area contributed by atoms with Crippen LogP contribution in [-0.4, -0.2) is 27.8 Å². The van der Waals surface area contributed by atoms with Gasteiger partial charge in [-0.25, -0.2) is 0 Å². The van der Waals surface area contributed by atoms with Crippen LogP contribution in [-0.2, 0) is 6.54 Å². The van der Waals surface area contributed by atoms with Gasteiger partial charge in [-0.05, 0) is 17.7 Å². The van der Waals surface area contributed by atoms with Gasteiger partial charge in [0.2, 0.25) is 0 Å². The Morgan fingerprint density at radius 1 is 1.19 bits per heavy atom. The molecule has 0 saturated heterocycles. The molecule has 2 heterocycles. The predicted molar refractivity (Wildman–Crippen MR) is 99.1 cm³/mol. The van der Waals surface area contributed by atoms with Gasteiger partial charge in [0, 0.05) is 36.7 Å². The summed E-state index contributed by atoms with van der Waals surface area (Å²) >= 11 is 6.16. The van der Waals surface area contributed by atoms with Gasteiger partial charge in [-0.3, -0.25) is 9.97 Å². The van der Waals surface area contributed by atoms with E-state index in [4.69, 9.17) is 11.6 Å². The van der Waals surface area contributed by atoms with E-state index in [1.165, 1.54) is 25.0 Å². The van der Waals surface area contributed by atoms with Crippen LogP contribution in [0.15, 0.2) is 47.8 Å². The SMILES string of the molecule is CCC.OC1=C(C(F)(F)F)CNC=C1NCc1cc2nccnc2cc1Cl. The highest BCUT2D eigenvalue weighted by Gasteiger charge is 2.38. The lowest BCUT2D eigenvalue weighted by molar-refractivity contribution is -0.0956. The van der Waals surface area contributed by atoms with Crippen molar-refractivity contribution in [2.75, 3.05) is 6.54 Å². The van der Waals surface area contributed by atoms with Gasteiger partial charge in [-0.2, -0.15) is 13.2 Å². The first kappa shape index (κ1) is 20.8. The van der Waals surface area contributed by atoms with Crippen LogP contribution in [0.4, 0.5) is 13.2 Å². The Labute approximate surface area is 160 Å². The van der Waals surface area contributed by atoms with Crippen LogP contribution < -0.4 is 10.6 Å². The summed E-state index contributed by atoms with van der Waals surface area (Å²) in [5.74, 6) is -0.821. The fourth-order valence-corrected chi connectivity index (χ4v) is 2.52. The summed E-state index contributed by atoms with van der Waals surface area (Å²) in [6.07, 6.45) is 1.01. The van der Waals surface area contributed by atoms with Gasteiger partial charge >= 0.3 is 6.18 Å². The maximum Gasteiger partial charge on any atom is 0.418 e. The van der Waals surface area contributed by atoms with E-state index in [9.17, 15) is 18.3 Å². The van der Waals surface area contributed by atoms with Gasteiger partial charge in [0.1, 0.15) is 5.76 Å². The second-order valence-corrected chi connectivity index (χ2v) is 6.22. The Hall–Kier alpha value is -2.48. The van der Waals surface area contributed by atoms with Crippen molar-refractivity contribution in [2.45, 2.75) is 33.0 Å². The van der Waals surface area contributed by atoms with Crippen LogP contribution in [0, 0.1) is 0 Å². The van der Waals surface area contributed by atoms with Crippen LogP contribution in [0.3, 0.4) is 0 Å². The smallest absolute Gasteiger partial charge is 0.418 e. The molecule has 0 unspecified atom stereocenters. The minimum absolute atomic E-state index is 0.0520. The van der Waals surface area contributed by atoms with Crippen molar-refractivity contribution < 1.29 is 18.3 Å². The lowest BCUT2D eigenvalue weighted by Gasteiger charge is -2.21. The molecule has 1 aromatic heterocycles. The molecule has 27 heavy (non-hydrogen) atoms. The Morgan fingerprint density at radius 2 is 1.78 bits per heavy atom. The quantitative estimate of drug-likeness (QED) is 0.702. The van der Waals surface area contributed by atoms with Crippen molar-refractivity contribution in [3.8, 4) is 0 Å². The molecule has 1 aliphatic heterocycles. The summed E-state index contributed by atoms with van der Waals surface area (Å²) < 4.78 is 38.5. The first-order chi connectivity index (χ1) is 12.8. The van der Waals surface area contributed by atoms with Gasteiger partial charge in [0.25, 0.3) is 0 Å². The third kappa shape index (κ3) is 5.26. The number of fused-ring (bicyclic) bond motifs is 1. The number of alkyl halides is 3. The largest absolute Gasteiger partial charge is 0.505 e. The standard InChI is InChI=1S/C15H12ClF3N4O.C3H8/c16-10-4-12-11(21-1-2-22-12)3-8(10)5-23-13-7-20-6-9(14(13)24)15(17,18)19;1-3-2/h1-4,7,20,23-24H,5-6H2;3H2,1-2H3. The minimum Gasteiger partial charge on any atom is -0.505 e. The number of aliphatic hydroxyl groups excluding tert-OH is 1. The summed E-state index contributed by atoms with van der Waals surface area (Å²) in [4.78, 5) is 8.27. The zero-order valence-electron chi connectivity index (χ0n) is 14.9. The molecule has 3 rings (SSSR count). The summed E-state index contributed by atoms with van der Waals surface area (Å²) in [6.45, 7) is 3.89. The van der Waals surface area contributed by atoms with Crippen molar-refractivity contribution in [1.29, 1.82) is 0 Å². The molecule has 0 bridgehead atoms. The van der Waals surface area contributed by atoms with E-state index in [0.717, 1.165) is 0 Å². The van der Waals surface area contributed by atoms with Crippen molar-refractivity contribution in [1.82, 2.24) is 20.6 Å². The Balaban J connectivity index is 0.000000817. The molecule has 1 aliphatic rings. The first-order valence-electron chi connectivity index (χ1n) is 8.34. The van der Waals surface area contributed by atoms with Crippen LogP contribution in [0.5, 0.6) is 0 Å². The number of nitrogens with one attached hydrogen (secondary N) is 2. The first-order valence-corrected chi connectivity index (χ1v) is 8.71. The zero-order valence-corrected chi connectivity index (χ0v) is 15.6. The molecule has 9 heteroatoms. The number of nitrogens with zero attached hydrogens (tertiary/aromatic N) is 2. The van der Waals surface area contributed by atoms with Crippen molar-refractivity contribution in [3.05, 3.63) is 58.3 Å². The van der Waals surface area contributed by atoms with E-state index >= 15 is 0 Å². The van der Waals surface area contributed by atoms with E-state index in [1.807, 2.05) is 0 Å². The van der Waals surface area contributed by atoms with Crippen LogP contribution in [0.1, 0.15) is 25.8 Å². The van der Waals surface area contributed by atoms with Crippen LogP contribution in [0.2, 0.25) is 5.02 Å². The molecule has 0 amide bonds. The molecule has 0 saturated carbocycles. The van der Waals surface area contributed by atoms with Gasteiger partial charge in [0.15, 0.2) is 0 Å². The van der Waals surface area contributed by atoms with Gasteiger partial charge < -0.3 is 15.7 Å². The number of halogens is 4. The third-order valence-electron chi connectivity index (χ3n) is 3.52. The summed E-state index contributed by atoms with van der Waals surface area (Å²) in [6, 6.07) is 3.32. The second kappa shape index (κ2) is 8.94. The number of aromatic nitrogens is 2. The molecule has 1 aromatic carbocycles. The monoisotopic (exact) mass is 400 g/mol. The van der Waals surface area contributed by atoms with Crippen molar-refractivity contribution in [2.24, 2.45) is 0 Å². The second-order valence-electron chi connectivity index (χ2n) is 5.81. The topological polar surface area (TPSA) is 70.1 Å². The van der Waals surface area contributed by atoms with E-state index < -0.39 is 24.1 Å². The van der Waals surface area contributed by atoms with E-state index in [-0.39, 0.29) is 12.2 Å². The van der Waals surface area contributed by atoms with Crippen molar-refractivity contribution in [3.63, 3.8) is 0 Å². The number of hydrogen-bond donors (Lipinski definition) is 3. The summed E-state index contributed by atoms with van der Waals surface area (Å²) in [5, 5.41) is 15.5. The minimum atomic E-state index is -4.60.